The molecular formula is C10H19N3O. The Balaban J connectivity index is 2.09. The molecule has 4 nitrogen and oxygen atoms in total. The van der Waals surface area contributed by atoms with Crippen molar-refractivity contribution in [3.05, 3.63) is 0 Å². The van der Waals surface area contributed by atoms with E-state index in [1.807, 2.05) is 13.1 Å². The maximum absolute atomic E-state index is 8.51. The molecule has 2 atom stereocenters. The maximum atomic E-state index is 8.51. The van der Waals surface area contributed by atoms with Crippen molar-refractivity contribution in [2.75, 3.05) is 26.7 Å². The molecule has 1 fully saturated rings. The summed E-state index contributed by atoms with van der Waals surface area (Å²) in [6.07, 6.45) is 3.46. The van der Waals surface area contributed by atoms with Crippen molar-refractivity contribution in [1.82, 2.24) is 4.90 Å². The monoisotopic (exact) mass is 197 g/mol. The van der Waals surface area contributed by atoms with Crippen molar-refractivity contribution in [2.24, 2.45) is 5.73 Å². The molecule has 1 heterocycles. The largest absolute Gasteiger partial charge is 0.377 e. The van der Waals surface area contributed by atoms with Crippen LogP contribution in [0.15, 0.2) is 0 Å². The lowest BCUT2D eigenvalue weighted by molar-refractivity contribution is 0.0807. The highest BCUT2D eigenvalue weighted by molar-refractivity contribution is 4.86. The summed E-state index contributed by atoms with van der Waals surface area (Å²) in [5.41, 5.74) is 5.51. The summed E-state index contributed by atoms with van der Waals surface area (Å²) in [4.78, 5) is 2.19. The van der Waals surface area contributed by atoms with Gasteiger partial charge in [-0.2, -0.15) is 5.26 Å². The molecule has 0 radical (unpaired) electrons. The van der Waals surface area contributed by atoms with E-state index < -0.39 is 0 Å². The molecule has 1 aliphatic rings. The zero-order valence-corrected chi connectivity index (χ0v) is 8.78. The van der Waals surface area contributed by atoms with Gasteiger partial charge in [0.1, 0.15) is 0 Å². The minimum absolute atomic E-state index is 0.332. The van der Waals surface area contributed by atoms with Crippen LogP contribution in [0.4, 0.5) is 0 Å². The molecule has 0 bridgehead atoms. The Morgan fingerprint density at radius 2 is 2.50 bits per heavy atom. The Kier molecular flexibility index (Phi) is 4.88. The van der Waals surface area contributed by atoms with E-state index in [4.69, 9.17) is 15.7 Å². The second kappa shape index (κ2) is 5.97. The Hall–Kier alpha value is -0.630. The third-order valence-corrected chi connectivity index (χ3v) is 2.53. The topological polar surface area (TPSA) is 62.3 Å². The van der Waals surface area contributed by atoms with Crippen LogP contribution < -0.4 is 5.73 Å². The molecule has 4 heteroatoms. The van der Waals surface area contributed by atoms with Crippen molar-refractivity contribution in [1.29, 1.82) is 5.26 Å². The van der Waals surface area contributed by atoms with E-state index in [0.717, 1.165) is 32.5 Å². The average molecular weight is 197 g/mol. The minimum atomic E-state index is -0.332. The van der Waals surface area contributed by atoms with Gasteiger partial charge in [0, 0.05) is 19.7 Å². The predicted molar refractivity (Wildman–Crippen MR) is 54.7 cm³/mol. The Labute approximate surface area is 85.6 Å². The zero-order chi connectivity index (χ0) is 10.4. The second-order valence-electron chi connectivity index (χ2n) is 3.92. The first-order chi connectivity index (χ1) is 6.72. The summed E-state index contributed by atoms with van der Waals surface area (Å²) in [6.45, 7) is 2.73. The molecule has 1 aliphatic heterocycles. The van der Waals surface area contributed by atoms with E-state index in [0.29, 0.717) is 6.10 Å². The quantitative estimate of drug-likeness (QED) is 0.690. The van der Waals surface area contributed by atoms with Crippen LogP contribution in [0.5, 0.6) is 0 Å². The van der Waals surface area contributed by atoms with Crippen LogP contribution in [-0.4, -0.2) is 43.8 Å². The van der Waals surface area contributed by atoms with Gasteiger partial charge in [0.05, 0.1) is 18.2 Å². The summed E-state index contributed by atoms with van der Waals surface area (Å²) in [7, 11) is 2.05. The molecule has 1 saturated heterocycles. The molecule has 2 N–H and O–H groups in total. The first-order valence-electron chi connectivity index (χ1n) is 5.17. The summed E-state index contributed by atoms with van der Waals surface area (Å²) in [5, 5.41) is 8.51. The fourth-order valence-electron chi connectivity index (χ4n) is 1.65. The van der Waals surface area contributed by atoms with E-state index in [9.17, 15) is 0 Å². The van der Waals surface area contributed by atoms with Gasteiger partial charge in [0.25, 0.3) is 0 Å². The molecule has 0 aliphatic carbocycles. The SMILES string of the molecule is CN(CCC(N)C#N)CC1CCCO1. The molecule has 80 valence electrons. The lowest BCUT2D eigenvalue weighted by Crippen LogP contribution is -2.32. The second-order valence-corrected chi connectivity index (χ2v) is 3.92. The van der Waals surface area contributed by atoms with Crippen LogP contribution in [0.25, 0.3) is 0 Å². The van der Waals surface area contributed by atoms with Crippen molar-refractivity contribution >= 4 is 0 Å². The minimum Gasteiger partial charge on any atom is -0.377 e. The third-order valence-electron chi connectivity index (χ3n) is 2.53. The molecule has 0 aromatic rings. The number of rotatable bonds is 5. The number of nitrogens with two attached hydrogens (primary N) is 1. The number of likely N-dealkylation sites (N-methyl/N-ethyl adjacent to an activating group) is 1. The Bertz CT molecular complexity index is 196. The highest BCUT2D eigenvalue weighted by Crippen LogP contribution is 2.12. The van der Waals surface area contributed by atoms with E-state index in [1.165, 1.54) is 6.42 Å². The fraction of sp³-hybridized carbons (Fsp3) is 0.900. The van der Waals surface area contributed by atoms with E-state index in [1.54, 1.807) is 0 Å². The first-order valence-corrected chi connectivity index (χ1v) is 5.17. The third kappa shape index (κ3) is 4.05. The zero-order valence-electron chi connectivity index (χ0n) is 8.78. The van der Waals surface area contributed by atoms with Crippen LogP contribution in [0.3, 0.4) is 0 Å². The summed E-state index contributed by atoms with van der Waals surface area (Å²) in [6, 6.07) is 1.70. The standard InChI is InChI=1S/C10H19N3O/c1-13(5-4-9(12)7-11)8-10-3-2-6-14-10/h9-10H,2-6,8,12H2,1H3. The molecule has 14 heavy (non-hydrogen) atoms. The molecular weight excluding hydrogens is 178 g/mol. The Morgan fingerprint density at radius 3 is 3.07 bits per heavy atom. The number of nitrogens with zero attached hydrogens (tertiary/aromatic N) is 2. The van der Waals surface area contributed by atoms with Crippen LogP contribution in [0.1, 0.15) is 19.3 Å². The molecule has 0 aromatic carbocycles. The van der Waals surface area contributed by atoms with Gasteiger partial charge in [-0.1, -0.05) is 0 Å². The van der Waals surface area contributed by atoms with E-state index >= 15 is 0 Å². The normalized spacial score (nSPS) is 23.7. The van der Waals surface area contributed by atoms with E-state index in [-0.39, 0.29) is 6.04 Å². The molecule has 0 amide bonds. The van der Waals surface area contributed by atoms with Crippen LogP contribution in [0.2, 0.25) is 0 Å². The van der Waals surface area contributed by atoms with E-state index in [2.05, 4.69) is 4.90 Å². The van der Waals surface area contributed by atoms with Crippen LogP contribution in [0, 0.1) is 11.3 Å². The van der Waals surface area contributed by atoms with Gasteiger partial charge in [-0.25, -0.2) is 0 Å². The molecule has 0 saturated carbocycles. The van der Waals surface area contributed by atoms with Crippen LogP contribution in [-0.2, 0) is 4.74 Å². The molecule has 0 spiro atoms. The van der Waals surface area contributed by atoms with Gasteiger partial charge < -0.3 is 15.4 Å². The van der Waals surface area contributed by atoms with Gasteiger partial charge in [-0.15, -0.1) is 0 Å². The van der Waals surface area contributed by atoms with Crippen molar-refractivity contribution < 1.29 is 4.74 Å². The van der Waals surface area contributed by atoms with Gasteiger partial charge in [0.2, 0.25) is 0 Å². The lowest BCUT2D eigenvalue weighted by Gasteiger charge is -2.20. The number of ether oxygens (including phenoxy) is 1. The molecule has 1 rings (SSSR count). The van der Waals surface area contributed by atoms with Crippen molar-refractivity contribution in [3.63, 3.8) is 0 Å². The van der Waals surface area contributed by atoms with Gasteiger partial charge in [-0.3, -0.25) is 0 Å². The summed E-state index contributed by atoms with van der Waals surface area (Å²) >= 11 is 0. The average Bonchev–Trinajstić information content (AvgIpc) is 2.66. The summed E-state index contributed by atoms with van der Waals surface area (Å²) in [5.74, 6) is 0. The molecule has 0 aromatic heterocycles. The predicted octanol–water partition coefficient (Wildman–Crippen LogP) is 0.338. The van der Waals surface area contributed by atoms with Crippen molar-refractivity contribution in [2.45, 2.75) is 31.4 Å². The fourth-order valence-corrected chi connectivity index (χ4v) is 1.65. The first kappa shape index (κ1) is 11.4. The highest BCUT2D eigenvalue weighted by Gasteiger charge is 2.17. The van der Waals surface area contributed by atoms with Gasteiger partial charge in [0.15, 0.2) is 0 Å². The smallest absolute Gasteiger partial charge is 0.0940 e. The highest BCUT2D eigenvalue weighted by atomic mass is 16.5. The number of hydrogen-bond acceptors (Lipinski definition) is 4. The summed E-state index contributed by atoms with van der Waals surface area (Å²) < 4.78 is 5.52. The van der Waals surface area contributed by atoms with Crippen LogP contribution >= 0.6 is 0 Å². The van der Waals surface area contributed by atoms with Crippen molar-refractivity contribution in [3.8, 4) is 6.07 Å². The lowest BCUT2D eigenvalue weighted by atomic mass is 10.2. The Morgan fingerprint density at radius 1 is 1.71 bits per heavy atom. The van der Waals surface area contributed by atoms with Gasteiger partial charge >= 0.3 is 0 Å². The number of nitriles is 1. The molecule has 2 unspecified atom stereocenters. The maximum Gasteiger partial charge on any atom is 0.0940 e. The number of hydrogen-bond donors (Lipinski definition) is 1. The van der Waals surface area contributed by atoms with Gasteiger partial charge in [-0.05, 0) is 26.3 Å².